The molecule has 1 fully saturated rings. The number of carbonyl (C=O) groups excluding carboxylic acids is 1. The van der Waals surface area contributed by atoms with Crippen LogP contribution in [-0.2, 0) is 0 Å². The molecule has 0 aromatic heterocycles. The van der Waals surface area contributed by atoms with E-state index in [-0.39, 0.29) is 23.0 Å². The Bertz CT molecular complexity index is 471. The molecule has 19 heavy (non-hydrogen) atoms. The van der Waals surface area contributed by atoms with E-state index in [9.17, 15) is 9.90 Å². The quantitative estimate of drug-likeness (QED) is 0.896. The van der Waals surface area contributed by atoms with Crippen LogP contribution >= 0.6 is 23.2 Å². The van der Waals surface area contributed by atoms with Gasteiger partial charge in [-0.25, -0.2) is 0 Å². The molecule has 0 spiro atoms. The van der Waals surface area contributed by atoms with Crippen molar-refractivity contribution >= 4 is 29.1 Å². The highest BCUT2D eigenvalue weighted by atomic mass is 35.5. The average Bonchev–Trinajstić information content (AvgIpc) is 2.89. The highest BCUT2D eigenvalue weighted by Gasteiger charge is 2.33. The van der Waals surface area contributed by atoms with Crippen molar-refractivity contribution < 1.29 is 9.90 Å². The Hall–Kier alpha value is -0.770. The highest BCUT2D eigenvalue weighted by Crippen LogP contribution is 2.37. The van der Waals surface area contributed by atoms with Crippen molar-refractivity contribution in [2.24, 2.45) is 5.41 Å². The predicted octanol–water partition coefficient (Wildman–Crippen LogP) is 3.28. The summed E-state index contributed by atoms with van der Waals surface area (Å²) in [6.45, 7) is 0.585. The molecule has 3 nitrogen and oxygen atoms in total. The zero-order valence-electron chi connectivity index (χ0n) is 10.6. The third-order valence-electron chi connectivity index (χ3n) is 3.82. The molecule has 0 radical (unpaired) electrons. The van der Waals surface area contributed by atoms with E-state index in [1.54, 1.807) is 18.2 Å². The lowest BCUT2D eigenvalue weighted by Gasteiger charge is -2.26. The molecule has 104 valence electrons. The van der Waals surface area contributed by atoms with E-state index in [0.717, 1.165) is 25.7 Å². The summed E-state index contributed by atoms with van der Waals surface area (Å²) >= 11 is 11.9. The minimum Gasteiger partial charge on any atom is -0.396 e. The van der Waals surface area contributed by atoms with E-state index in [1.807, 2.05) is 0 Å². The first-order chi connectivity index (χ1) is 9.08. The number of aliphatic hydroxyl groups is 1. The maximum atomic E-state index is 12.1. The van der Waals surface area contributed by atoms with E-state index in [4.69, 9.17) is 23.2 Å². The SMILES string of the molecule is O=C(NCC1(CO)CCCC1)c1cccc(Cl)c1Cl. The summed E-state index contributed by atoms with van der Waals surface area (Å²) < 4.78 is 0. The van der Waals surface area contributed by atoms with Gasteiger partial charge in [0.15, 0.2) is 0 Å². The van der Waals surface area contributed by atoms with Gasteiger partial charge in [0.2, 0.25) is 0 Å². The highest BCUT2D eigenvalue weighted by molar-refractivity contribution is 6.43. The zero-order valence-corrected chi connectivity index (χ0v) is 12.1. The molecule has 0 heterocycles. The first-order valence-corrected chi connectivity index (χ1v) is 7.17. The summed E-state index contributed by atoms with van der Waals surface area (Å²) in [7, 11) is 0. The summed E-state index contributed by atoms with van der Waals surface area (Å²) in [5, 5.41) is 13.0. The van der Waals surface area contributed by atoms with Gasteiger partial charge in [-0.05, 0) is 25.0 Å². The minimum absolute atomic E-state index is 0.108. The lowest BCUT2D eigenvalue weighted by atomic mass is 9.87. The third kappa shape index (κ3) is 3.22. The Morgan fingerprint density at radius 2 is 2.00 bits per heavy atom. The normalized spacial score (nSPS) is 17.4. The molecule has 0 atom stereocenters. The van der Waals surface area contributed by atoms with Gasteiger partial charge in [0, 0.05) is 12.0 Å². The van der Waals surface area contributed by atoms with Gasteiger partial charge < -0.3 is 10.4 Å². The summed E-state index contributed by atoms with van der Waals surface area (Å²) in [5.41, 5.74) is 0.209. The van der Waals surface area contributed by atoms with Gasteiger partial charge in [-0.3, -0.25) is 4.79 Å². The van der Waals surface area contributed by atoms with Crippen molar-refractivity contribution in [2.45, 2.75) is 25.7 Å². The molecule has 1 saturated carbocycles. The fourth-order valence-electron chi connectivity index (χ4n) is 2.56. The molecule has 1 aliphatic carbocycles. The molecular formula is C14H17Cl2NO2. The Morgan fingerprint density at radius 3 is 2.63 bits per heavy atom. The fourth-order valence-corrected chi connectivity index (χ4v) is 2.94. The Balaban J connectivity index is 2.03. The van der Waals surface area contributed by atoms with E-state index < -0.39 is 0 Å². The summed E-state index contributed by atoms with van der Waals surface area (Å²) in [5.74, 6) is -0.243. The number of amides is 1. The van der Waals surface area contributed by atoms with Crippen LogP contribution in [0, 0.1) is 5.41 Å². The first kappa shape index (κ1) is 14.6. The summed E-state index contributed by atoms with van der Waals surface area (Å²) in [4.78, 5) is 12.1. The Morgan fingerprint density at radius 1 is 1.32 bits per heavy atom. The molecule has 1 amide bonds. The van der Waals surface area contributed by atoms with Gasteiger partial charge in [0.1, 0.15) is 0 Å². The number of benzene rings is 1. The zero-order chi connectivity index (χ0) is 13.9. The second kappa shape index (κ2) is 6.12. The van der Waals surface area contributed by atoms with E-state index in [0.29, 0.717) is 17.1 Å². The largest absolute Gasteiger partial charge is 0.396 e. The van der Waals surface area contributed by atoms with Crippen molar-refractivity contribution in [1.29, 1.82) is 0 Å². The van der Waals surface area contributed by atoms with E-state index >= 15 is 0 Å². The average molecular weight is 302 g/mol. The van der Waals surface area contributed by atoms with Crippen LogP contribution in [0.1, 0.15) is 36.0 Å². The number of hydrogen-bond donors (Lipinski definition) is 2. The number of aliphatic hydroxyl groups excluding tert-OH is 1. The molecule has 2 rings (SSSR count). The van der Waals surface area contributed by atoms with Crippen molar-refractivity contribution in [3.8, 4) is 0 Å². The van der Waals surface area contributed by atoms with Gasteiger partial charge in [-0.1, -0.05) is 42.1 Å². The van der Waals surface area contributed by atoms with Crippen molar-refractivity contribution in [3.63, 3.8) is 0 Å². The maximum absolute atomic E-state index is 12.1. The maximum Gasteiger partial charge on any atom is 0.252 e. The molecule has 5 heteroatoms. The van der Waals surface area contributed by atoms with Crippen LogP contribution in [0.5, 0.6) is 0 Å². The monoisotopic (exact) mass is 301 g/mol. The number of rotatable bonds is 4. The number of nitrogens with one attached hydrogen (secondary N) is 1. The van der Waals surface area contributed by atoms with Crippen LogP contribution in [0.25, 0.3) is 0 Å². The smallest absolute Gasteiger partial charge is 0.252 e. The van der Waals surface area contributed by atoms with Crippen molar-refractivity contribution in [3.05, 3.63) is 33.8 Å². The lowest BCUT2D eigenvalue weighted by molar-refractivity contribution is 0.0881. The molecule has 0 saturated heterocycles. The summed E-state index contributed by atoms with van der Waals surface area (Å²) in [6.07, 6.45) is 4.11. The van der Waals surface area contributed by atoms with Gasteiger partial charge in [0.25, 0.3) is 5.91 Å². The number of halogens is 2. The number of hydrogen-bond acceptors (Lipinski definition) is 2. The van der Waals surface area contributed by atoms with E-state index in [2.05, 4.69) is 5.32 Å². The van der Waals surface area contributed by atoms with Gasteiger partial charge >= 0.3 is 0 Å². The first-order valence-electron chi connectivity index (χ1n) is 6.41. The Labute approximate surface area is 122 Å². The molecule has 1 aromatic rings. The lowest BCUT2D eigenvalue weighted by Crippen LogP contribution is -2.38. The van der Waals surface area contributed by atoms with E-state index in [1.165, 1.54) is 0 Å². The van der Waals surface area contributed by atoms with Crippen molar-refractivity contribution in [1.82, 2.24) is 5.32 Å². The second-order valence-corrected chi connectivity index (χ2v) is 5.93. The van der Waals surface area contributed by atoms with Crippen LogP contribution in [0.2, 0.25) is 10.0 Å². The van der Waals surface area contributed by atoms with Crippen LogP contribution in [0.15, 0.2) is 18.2 Å². The third-order valence-corrected chi connectivity index (χ3v) is 4.64. The molecule has 0 bridgehead atoms. The molecular weight excluding hydrogens is 285 g/mol. The topological polar surface area (TPSA) is 49.3 Å². The van der Waals surface area contributed by atoms with Crippen LogP contribution in [0.3, 0.4) is 0 Å². The van der Waals surface area contributed by atoms with Crippen LogP contribution in [-0.4, -0.2) is 24.2 Å². The molecule has 1 aliphatic rings. The second-order valence-electron chi connectivity index (χ2n) is 5.15. The van der Waals surface area contributed by atoms with Crippen LogP contribution < -0.4 is 5.32 Å². The minimum atomic E-state index is -0.243. The molecule has 2 N–H and O–H groups in total. The molecule has 0 aliphatic heterocycles. The van der Waals surface area contributed by atoms with Crippen LogP contribution in [0.4, 0.5) is 0 Å². The van der Waals surface area contributed by atoms with Crippen molar-refractivity contribution in [2.75, 3.05) is 13.2 Å². The Kier molecular flexibility index (Phi) is 4.71. The standard InChI is InChI=1S/C14H17Cl2NO2/c15-11-5-3-4-10(12(11)16)13(19)17-8-14(9-18)6-1-2-7-14/h3-5,18H,1-2,6-9H2,(H,17,19). The molecule has 1 aromatic carbocycles. The molecule has 0 unspecified atom stereocenters. The van der Waals surface area contributed by atoms with Gasteiger partial charge in [0.05, 0.1) is 22.2 Å². The van der Waals surface area contributed by atoms with Gasteiger partial charge in [-0.15, -0.1) is 0 Å². The number of carbonyl (C=O) groups is 1. The van der Waals surface area contributed by atoms with Gasteiger partial charge in [-0.2, -0.15) is 0 Å². The fraction of sp³-hybridized carbons (Fsp3) is 0.500. The predicted molar refractivity (Wildman–Crippen MR) is 76.8 cm³/mol. The summed E-state index contributed by atoms with van der Waals surface area (Å²) in [6, 6.07) is 4.98.